The van der Waals surface area contributed by atoms with E-state index >= 15 is 0 Å². The van der Waals surface area contributed by atoms with Crippen LogP contribution in [0.4, 0.5) is 17.1 Å². The van der Waals surface area contributed by atoms with Gasteiger partial charge in [-0.25, -0.2) is 0 Å². The van der Waals surface area contributed by atoms with E-state index in [1.165, 1.54) is 56.3 Å². The number of nitrogens with one attached hydrogen (secondary N) is 3. The van der Waals surface area contributed by atoms with E-state index in [0.717, 1.165) is 0 Å². The molecule has 0 saturated carbocycles. The van der Waals surface area contributed by atoms with Crippen LogP contribution in [0.5, 0.6) is 11.5 Å². The topological polar surface area (TPSA) is 149 Å². The van der Waals surface area contributed by atoms with E-state index in [-0.39, 0.29) is 23.0 Å². The van der Waals surface area contributed by atoms with Gasteiger partial charge in [0, 0.05) is 34.3 Å². The number of methoxy groups -OCH3 is 2. The van der Waals surface area contributed by atoms with E-state index < -0.39 is 16.7 Å². The van der Waals surface area contributed by atoms with Gasteiger partial charge in [0.1, 0.15) is 17.2 Å². The van der Waals surface area contributed by atoms with Gasteiger partial charge in [-0.1, -0.05) is 24.3 Å². The molecule has 0 aromatic heterocycles. The Hall–Kier alpha value is -5.62. The van der Waals surface area contributed by atoms with Gasteiger partial charge in [0.2, 0.25) is 5.91 Å². The Balaban J connectivity index is 1.46. The summed E-state index contributed by atoms with van der Waals surface area (Å²) in [5.74, 6) is -0.247. The highest BCUT2D eigenvalue weighted by Gasteiger charge is 2.16. The molecule has 0 saturated heterocycles. The van der Waals surface area contributed by atoms with Crippen LogP contribution >= 0.6 is 11.8 Å². The summed E-state index contributed by atoms with van der Waals surface area (Å²) < 4.78 is 10.5. The Bertz CT molecular complexity index is 1690. The molecule has 0 aliphatic heterocycles. The van der Waals surface area contributed by atoms with Crippen LogP contribution in [-0.4, -0.2) is 42.6 Å². The molecule has 3 amide bonds. The van der Waals surface area contributed by atoms with Gasteiger partial charge < -0.3 is 25.4 Å². The fourth-order valence-corrected chi connectivity index (χ4v) is 4.67. The van der Waals surface area contributed by atoms with Crippen LogP contribution in [-0.2, 0) is 9.59 Å². The van der Waals surface area contributed by atoms with Crippen molar-refractivity contribution < 1.29 is 28.8 Å². The van der Waals surface area contributed by atoms with Crippen LogP contribution < -0.4 is 25.4 Å². The molecule has 0 fully saturated rings. The minimum atomic E-state index is -0.613. The van der Waals surface area contributed by atoms with Crippen molar-refractivity contribution in [2.45, 2.75) is 4.90 Å². The smallest absolute Gasteiger partial charge is 0.272 e. The predicted molar refractivity (Wildman–Crippen MR) is 169 cm³/mol. The molecule has 12 heteroatoms. The third kappa shape index (κ3) is 8.69. The maximum atomic E-state index is 13.4. The molecule has 0 unspecified atom stereocenters. The number of carbonyl (C=O) groups is 3. The molecule has 0 spiro atoms. The van der Waals surface area contributed by atoms with Gasteiger partial charge in [-0.2, -0.15) is 0 Å². The molecule has 3 N–H and O–H groups in total. The zero-order chi connectivity index (χ0) is 31.5. The molecule has 4 aromatic rings. The van der Waals surface area contributed by atoms with Crippen LogP contribution in [0, 0.1) is 10.1 Å². The summed E-state index contributed by atoms with van der Waals surface area (Å²) in [7, 11) is 3.03. The Morgan fingerprint density at radius 1 is 0.864 bits per heavy atom. The highest BCUT2D eigenvalue weighted by molar-refractivity contribution is 8.00. The first-order valence-corrected chi connectivity index (χ1v) is 14.1. The second-order valence-electron chi connectivity index (χ2n) is 9.11. The number of hydrogen-bond donors (Lipinski definition) is 3. The van der Waals surface area contributed by atoms with Crippen molar-refractivity contribution in [2.75, 3.05) is 30.6 Å². The maximum absolute atomic E-state index is 13.4. The number of hydrogen-bond acceptors (Lipinski definition) is 8. The number of anilines is 2. The van der Waals surface area contributed by atoms with Crippen molar-refractivity contribution in [3.8, 4) is 11.5 Å². The first-order chi connectivity index (χ1) is 21.2. The largest absolute Gasteiger partial charge is 0.497 e. The first-order valence-electron chi connectivity index (χ1n) is 13.1. The lowest BCUT2D eigenvalue weighted by molar-refractivity contribution is -0.384. The summed E-state index contributed by atoms with van der Waals surface area (Å²) in [5, 5.41) is 19.2. The summed E-state index contributed by atoms with van der Waals surface area (Å²) in [6, 6.07) is 25.9. The number of nitro benzene ring substituents is 1. The number of nitro groups is 1. The van der Waals surface area contributed by atoms with Gasteiger partial charge in [-0.15, -0.1) is 11.8 Å². The molecule has 4 aromatic carbocycles. The third-order valence-corrected chi connectivity index (χ3v) is 7.08. The quantitative estimate of drug-likeness (QED) is 0.0792. The molecule has 11 nitrogen and oxygen atoms in total. The number of thioether (sulfide) groups is 1. The Morgan fingerprint density at radius 2 is 1.61 bits per heavy atom. The van der Waals surface area contributed by atoms with Crippen molar-refractivity contribution in [3.63, 3.8) is 0 Å². The summed E-state index contributed by atoms with van der Waals surface area (Å²) in [6.07, 6.45) is 1.43. The first kappa shape index (κ1) is 31.3. The fourth-order valence-electron chi connectivity index (χ4n) is 3.91. The van der Waals surface area contributed by atoms with Crippen molar-refractivity contribution in [1.82, 2.24) is 5.32 Å². The van der Waals surface area contributed by atoms with Crippen LogP contribution in [0.3, 0.4) is 0 Å². The third-order valence-electron chi connectivity index (χ3n) is 6.09. The van der Waals surface area contributed by atoms with E-state index in [0.29, 0.717) is 38.9 Å². The number of nitrogens with zero attached hydrogens (tertiary/aromatic N) is 1. The zero-order valence-electron chi connectivity index (χ0n) is 23.7. The Kier molecular flexibility index (Phi) is 10.7. The number of non-ortho nitro benzene ring substituents is 1. The highest BCUT2D eigenvalue weighted by Crippen LogP contribution is 2.29. The van der Waals surface area contributed by atoms with Gasteiger partial charge in [-0.3, -0.25) is 24.5 Å². The SMILES string of the molecule is COc1ccc(OC)c(NC(=O)CSc2cccc(NC(=O)/C(=C\c3ccc([N+](=O)[O-])cc3)NC(=O)c3ccccc3)c2)c1. The van der Waals surface area contributed by atoms with Crippen molar-refractivity contribution >= 4 is 52.6 Å². The molecule has 0 atom stereocenters. The summed E-state index contributed by atoms with van der Waals surface area (Å²) >= 11 is 1.26. The number of amides is 3. The molecular formula is C32H28N4O7S. The summed E-state index contributed by atoms with van der Waals surface area (Å²) in [4.78, 5) is 50.1. The minimum absolute atomic E-state index is 0.0719. The van der Waals surface area contributed by atoms with E-state index in [2.05, 4.69) is 16.0 Å². The number of benzene rings is 4. The fraction of sp³-hybridized carbons (Fsp3) is 0.0938. The molecule has 0 heterocycles. The van der Waals surface area contributed by atoms with Gasteiger partial charge in [0.15, 0.2) is 0 Å². The molecule has 0 aliphatic rings. The van der Waals surface area contributed by atoms with Gasteiger partial charge in [-0.05, 0) is 66.2 Å². The second-order valence-corrected chi connectivity index (χ2v) is 10.2. The lowest BCUT2D eigenvalue weighted by atomic mass is 10.1. The van der Waals surface area contributed by atoms with E-state index in [1.807, 2.05) is 0 Å². The Labute approximate surface area is 257 Å². The Morgan fingerprint density at radius 3 is 2.30 bits per heavy atom. The molecule has 0 radical (unpaired) electrons. The maximum Gasteiger partial charge on any atom is 0.272 e. The molecular weight excluding hydrogens is 584 g/mol. The highest BCUT2D eigenvalue weighted by atomic mass is 32.2. The average Bonchev–Trinajstić information content (AvgIpc) is 3.04. The summed E-state index contributed by atoms with van der Waals surface area (Å²) in [5.41, 5.74) is 1.54. The lowest BCUT2D eigenvalue weighted by Gasteiger charge is -2.13. The van der Waals surface area contributed by atoms with Crippen LogP contribution in [0.15, 0.2) is 108 Å². The molecule has 0 aliphatic carbocycles. The summed E-state index contributed by atoms with van der Waals surface area (Å²) in [6.45, 7) is 0. The van der Waals surface area contributed by atoms with E-state index in [4.69, 9.17) is 9.47 Å². The zero-order valence-corrected chi connectivity index (χ0v) is 24.6. The minimum Gasteiger partial charge on any atom is -0.497 e. The average molecular weight is 613 g/mol. The normalized spacial score (nSPS) is 10.8. The van der Waals surface area contributed by atoms with Crippen LogP contribution in [0.2, 0.25) is 0 Å². The second kappa shape index (κ2) is 15.0. The monoisotopic (exact) mass is 612 g/mol. The van der Waals surface area contributed by atoms with Crippen LogP contribution in [0.25, 0.3) is 6.08 Å². The molecule has 224 valence electrons. The van der Waals surface area contributed by atoms with Gasteiger partial charge in [0.25, 0.3) is 17.5 Å². The standard InChI is InChI=1S/C32H28N4O7S/c1-42-25-15-16-29(43-2)27(19-25)34-30(37)20-44-26-10-6-9-23(18-26)33-32(39)28(35-31(38)22-7-4-3-5-8-22)17-21-11-13-24(14-12-21)36(40)41/h3-19H,20H2,1-2H3,(H,33,39)(H,34,37)(H,35,38)/b28-17+. The van der Waals surface area contributed by atoms with Crippen molar-refractivity contribution in [2.24, 2.45) is 0 Å². The van der Waals surface area contributed by atoms with E-state index in [9.17, 15) is 24.5 Å². The van der Waals surface area contributed by atoms with Crippen molar-refractivity contribution in [1.29, 1.82) is 0 Å². The number of rotatable bonds is 12. The van der Waals surface area contributed by atoms with E-state index in [1.54, 1.807) is 72.8 Å². The number of carbonyl (C=O) groups excluding carboxylic acids is 3. The van der Waals surface area contributed by atoms with Crippen LogP contribution in [0.1, 0.15) is 15.9 Å². The van der Waals surface area contributed by atoms with Crippen molar-refractivity contribution in [3.05, 3.63) is 124 Å². The molecule has 44 heavy (non-hydrogen) atoms. The van der Waals surface area contributed by atoms with Gasteiger partial charge in [0.05, 0.1) is 30.6 Å². The number of ether oxygens (including phenoxy) is 2. The molecule has 4 rings (SSSR count). The predicted octanol–water partition coefficient (Wildman–Crippen LogP) is 5.75. The lowest BCUT2D eigenvalue weighted by Crippen LogP contribution is -2.30. The molecule has 0 bridgehead atoms. The van der Waals surface area contributed by atoms with Gasteiger partial charge >= 0.3 is 0 Å².